The number of unbranched alkanes of at least 4 members (excludes halogenated alkanes) is 1. The lowest BCUT2D eigenvalue weighted by atomic mass is 9.98. The Hall–Kier alpha value is -2.29. The van der Waals surface area contributed by atoms with E-state index < -0.39 is 0 Å². The number of fused-ring (bicyclic) bond motifs is 1. The Morgan fingerprint density at radius 2 is 2.00 bits per heavy atom. The zero-order valence-electron chi connectivity index (χ0n) is 12.3. The summed E-state index contributed by atoms with van der Waals surface area (Å²) in [5, 5.41) is 9.48. The highest BCUT2D eigenvalue weighted by Gasteiger charge is 2.20. The highest BCUT2D eigenvalue weighted by molar-refractivity contribution is 5.99. The molecule has 0 atom stereocenters. The van der Waals surface area contributed by atoms with E-state index in [1.807, 2.05) is 24.3 Å². The molecule has 0 radical (unpaired) electrons. The number of allylic oxidation sites excluding steroid dienone is 3. The molecular weight excluding hydrogens is 260 g/mol. The number of aliphatic imine (C=N–C) groups is 1. The van der Waals surface area contributed by atoms with Crippen LogP contribution in [0.1, 0.15) is 31.7 Å². The van der Waals surface area contributed by atoms with Gasteiger partial charge < -0.3 is 10.0 Å². The molecule has 3 rings (SSSR count). The van der Waals surface area contributed by atoms with Crippen molar-refractivity contribution in [3.05, 3.63) is 60.0 Å². The average molecular weight is 280 g/mol. The Morgan fingerprint density at radius 1 is 1.19 bits per heavy atom. The standard InChI is InChI=1S/C18H20N2O/c1-2-3-6-17-16(14-8-10-15(21)11-9-14)13-20-12-5-4-7-18(20)19-17/h4-5,7-12,21H,2-3,6,13H2,1H3. The summed E-state index contributed by atoms with van der Waals surface area (Å²) < 4.78 is 0. The van der Waals surface area contributed by atoms with Gasteiger partial charge in [-0.25, -0.2) is 4.99 Å². The molecule has 2 aliphatic heterocycles. The van der Waals surface area contributed by atoms with Crippen molar-refractivity contribution in [3.8, 4) is 5.75 Å². The van der Waals surface area contributed by atoms with E-state index in [0.717, 1.165) is 37.2 Å². The second-order valence-electron chi connectivity index (χ2n) is 5.37. The first-order valence-electron chi connectivity index (χ1n) is 7.49. The van der Waals surface area contributed by atoms with Crippen LogP contribution in [0.5, 0.6) is 5.75 Å². The molecule has 1 aromatic carbocycles. The summed E-state index contributed by atoms with van der Waals surface area (Å²) >= 11 is 0. The quantitative estimate of drug-likeness (QED) is 0.901. The van der Waals surface area contributed by atoms with Gasteiger partial charge in [-0.2, -0.15) is 0 Å². The Kier molecular flexibility index (Phi) is 3.91. The molecule has 0 fully saturated rings. The van der Waals surface area contributed by atoms with Crippen molar-refractivity contribution in [1.82, 2.24) is 4.90 Å². The number of nitrogens with zero attached hydrogens (tertiary/aromatic N) is 2. The molecule has 0 aliphatic carbocycles. The molecule has 108 valence electrons. The number of rotatable bonds is 4. The molecule has 0 amide bonds. The van der Waals surface area contributed by atoms with Crippen LogP contribution in [0, 0.1) is 0 Å². The van der Waals surface area contributed by atoms with Crippen LogP contribution in [0.2, 0.25) is 0 Å². The predicted molar refractivity (Wildman–Crippen MR) is 87.0 cm³/mol. The van der Waals surface area contributed by atoms with E-state index in [9.17, 15) is 5.11 Å². The third-order valence-electron chi connectivity index (χ3n) is 3.83. The number of phenolic OH excluding ortho intramolecular Hbond substituents is 1. The second kappa shape index (κ2) is 6.00. The number of amidine groups is 1. The molecule has 0 saturated carbocycles. The third kappa shape index (κ3) is 2.92. The molecule has 3 nitrogen and oxygen atoms in total. The van der Waals surface area contributed by atoms with Crippen LogP contribution >= 0.6 is 0 Å². The summed E-state index contributed by atoms with van der Waals surface area (Å²) in [5.74, 6) is 1.32. The lowest BCUT2D eigenvalue weighted by Crippen LogP contribution is -2.31. The van der Waals surface area contributed by atoms with Crippen molar-refractivity contribution >= 4 is 11.4 Å². The normalized spacial score (nSPS) is 17.0. The molecular formula is C18H20N2O. The van der Waals surface area contributed by atoms with E-state index in [4.69, 9.17) is 4.99 Å². The van der Waals surface area contributed by atoms with Crippen LogP contribution in [0.25, 0.3) is 5.57 Å². The first kappa shape index (κ1) is 13.7. The van der Waals surface area contributed by atoms with Gasteiger partial charge in [0.1, 0.15) is 11.6 Å². The van der Waals surface area contributed by atoms with Crippen molar-refractivity contribution < 1.29 is 5.11 Å². The van der Waals surface area contributed by atoms with Crippen LogP contribution in [-0.4, -0.2) is 22.4 Å². The highest BCUT2D eigenvalue weighted by atomic mass is 16.3. The molecule has 0 aromatic heterocycles. The molecule has 3 heteroatoms. The summed E-state index contributed by atoms with van der Waals surface area (Å²) in [7, 11) is 0. The van der Waals surface area contributed by atoms with E-state index in [-0.39, 0.29) is 0 Å². The molecule has 1 aromatic rings. The van der Waals surface area contributed by atoms with Gasteiger partial charge in [0, 0.05) is 17.5 Å². The predicted octanol–water partition coefficient (Wildman–Crippen LogP) is 4.09. The summed E-state index contributed by atoms with van der Waals surface area (Å²) in [6.45, 7) is 3.04. The summed E-state index contributed by atoms with van der Waals surface area (Å²) in [5.41, 5.74) is 3.57. The van der Waals surface area contributed by atoms with Crippen molar-refractivity contribution in [2.45, 2.75) is 26.2 Å². The Balaban J connectivity index is 2.00. The van der Waals surface area contributed by atoms with E-state index in [1.165, 1.54) is 11.3 Å². The van der Waals surface area contributed by atoms with Gasteiger partial charge in [-0.15, -0.1) is 0 Å². The number of phenols is 1. The minimum Gasteiger partial charge on any atom is -0.508 e. The first-order valence-corrected chi connectivity index (χ1v) is 7.49. The maximum atomic E-state index is 9.48. The fraction of sp³-hybridized carbons (Fsp3) is 0.278. The summed E-state index contributed by atoms with van der Waals surface area (Å²) in [6, 6.07) is 7.43. The molecule has 0 bridgehead atoms. The van der Waals surface area contributed by atoms with Gasteiger partial charge in [0.05, 0.1) is 6.54 Å². The van der Waals surface area contributed by atoms with E-state index >= 15 is 0 Å². The monoisotopic (exact) mass is 280 g/mol. The van der Waals surface area contributed by atoms with Gasteiger partial charge in [-0.1, -0.05) is 31.6 Å². The lowest BCUT2D eigenvalue weighted by Gasteiger charge is -2.29. The molecule has 21 heavy (non-hydrogen) atoms. The molecule has 1 N–H and O–H groups in total. The van der Waals surface area contributed by atoms with Crippen molar-refractivity contribution in [2.24, 2.45) is 4.99 Å². The van der Waals surface area contributed by atoms with Crippen LogP contribution in [0.4, 0.5) is 0 Å². The van der Waals surface area contributed by atoms with Crippen LogP contribution in [0.15, 0.2) is 59.4 Å². The maximum absolute atomic E-state index is 9.48. The minimum atomic E-state index is 0.301. The van der Waals surface area contributed by atoms with E-state index in [0.29, 0.717) is 5.75 Å². The SMILES string of the molecule is CCCCC1=C(c2ccc(O)cc2)CN2C=CC=CC2=N1. The number of benzene rings is 1. The van der Waals surface area contributed by atoms with Gasteiger partial charge >= 0.3 is 0 Å². The number of hydrogen-bond donors (Lipinski definition) is 1. The van der Waals surface area contributed by atoms with Crippen LogP contribution in [0.3, 0.4) is 0 Å². The van der Waals surface area contributed by atoms with Crippen molar-refractivity contribution in [2.75, 3.05) is 6.54 Å². The molecule has 0 saturated heterocycles. The zero-order chi connectivity index (χ0) is 14.7. The van der Waals surface area contributed by atoms with Gasteiger partial charge in [0.25, 0.3) is 0 Å². The molecule has 0 unspecified atom stereocenters. The van der Waals surface area contributed by atoms with Gasteiger partial charge in [0.2, 0.25) is 0 Å². The zero-order valence-corrected chi connectivity index (χ0v) is 12.3. The van der Waals surface area contributed by atoms with Crippen molar-refractivity contribution in [3.63, 3.8) is 0 Å². The smallest absolute Gasteiger partial charge is 0.133 e. The lowest BCUT2D eigenvalue weighted by molar-refractivity contribution is 0.475. The first-order chi connectivity index (χ1) is 10.3. The van der Waals surface area contributed by atoms with Crippen LogP contribution < -0.4 is 0 Å². The fourth-order valence-electron chi connectivity index (χ4n) is 2.64. The fourth-order valence-corrected chi connectivity index (χ4v) is 2.64. The van der Waals surface area contributed by atoms with Crippen molar-refractivity contribution in [1.29, 1.82) is 0 Å². The maximum Gasteiger partial charge on any atom is 0.133 e. The third-order valence-corrected chi connectivity index (χ3v) is 3.83. The summed E-state index contributed by atoms with van der Waals surface area (Å²) in [4.78, 5) is 7.01. The number of aromatic hydroxyl groups is 1. The topological polar surface area (TPSA) is 35.8 Å². The summed E-state index contributed by atoms with van der Waals surface area (Å²) in [6.07, 6.45) is 11.5. The molecule has 2 heterocycles. The Morgan fingerprint density at radius 3 is 2.76 bits per heavy atom. The van der Waals surface area contributed by atoms with E-state index in [1.54, 1.807) is 12.1 Å². The van der Waals surface area contributed by atoms with Crippen LogP contribution in [-0.2, 0) is 0 Å². The largest absolute Gasteiger partial charge is 0.508 e. The number of hydrogen-bond acceptors (Lipinski definition) is 3. The van der Waals surface area contributed by atoms with Gasteiger partial charge in [0.15, 0.2) is 0 Å². The molecule has 2 aliphatic rings. The Bertz CT molecular complexity index is 636. The second-order valence-corrected chi connectivity index (χ2v) is 5.37. The Labute approximate surface area is 125 Å². The van der Waals surface area contributed by atoms with Gasteiger partial charge in [-0.05, 0) is 42.7 Å². The molecule has 0 spiro atoms. The van der Waals surface area contributed by atoms with E-state index in [2.05, 4.69) is 24.1 Å². The average Bonchev–Trinajstić information content (AvgIpc) is 2.53. The minimum absolute atomic E-state index is 0.301. The highest BCUT2D eigenvalue weighted by Crippen LogP contribution is 2.30. The van der Waals surface area contributed by atoms with Gasteiger partial charge in [-0.3, -0.25) is 0 Å².